The fourth-order valence-corrected chi connectivity index (χ4v) is 5.55. The van der Waals surface area contributed by atoms with Crippen LogP contribution in [0.25, 0.3) is 0 Å². The largest absolute Gasteiger partial charge is 0.435 e. The number of alkyl halides is 3. The molecule has 0 aliphatic carbocycles. The van der Waals surface area contributed by atoms with E-state index in [4.69, 9.17) is 17.3 Å². The average Bonchev–Trinajstić information content (AvgIpc) is 3.39. The van der Waals surface area contributed by atoms with E-state index < -0.39 is 52.9 Å². The number of aromatic nitrogens is 2. The summed E-state index contributed by atoms with van der Waals surface area (Å²) in [5.74, 6) is -5.57. The third-order valence-electron chi connectivity index (χ3n) is 7.75. The molecule has 3 amide bonds. The summed E-state index contributed by atoms with van der Waals surface area (Å²) in [7, 11) is 0. The zero-order chi connectivity index (χ0) is 32.6. The molecule has 3 heterocycles. The average molecular weight is 657 g/mol. The smallest absolute Gasteiger partial charge is 0.335 e. The quantitative estimate of drug-likeness (QED) is 0.321. The molecule has 3 aromatic rings. The van der Waals surface area contributed by atoms with Crippen LogP contribution in [0.2, 0.25) is 5.02 Å². The SMILES string of the molecule is N[C@H](CC(=O)N1CCn2c(nc(C(F)(F)F)c2C(=O)N2CCN(C(=O)c3ccc(Cl)cc3)CC2)C1)Cc1cc(F)c(F)cc1F. The molecule has 1 fully saturated rings. The van der Waals surface area contributed by atoms with Crippen LogP contribution in [-0.2, 0) is 30.5 Å². The minimum Gasteiger partial charge on any atom is -0.335 e. The normalized spacial score (nSPS) is 16.0. The number of amides is 3. The standard InChI is InChI=1S/C29H27ClF6N6O3/c30-18-3-1-16(2-4-18)27(44)39-5-7-40(8-6-39)28(45)25-26(29(34,35)36)38-23-15-41(9-10-42(23)25)24(43)13-19(37)11-17-12-21(32)22(33)14-20(17)31/h1-4,12,14,19H,5-11,13,15,37H2/t19-/m0/s1. The van der Waals surface area contributed by atoms with Gasteiger partial charge >= 0.3 is 6.18 Å². The van der Waals surface area contributed by atoms with Crippen molar-refractivity contribution >= 4 is 29.3 Å². The first kappa shape index (κ1) is 32.3. The molecule has 45 heavy (non-hydrogen) atoms. The van der Waals surface area contributed by atoms with Crippen LogP contribution in [0, 0.1) is 17.5 Å². The second kappa shape index (κ2) is 12.7. The third-order valence-corrected chi connectivity index (χ3v) is 8.00. The van der Waals surface area contributed by atoms with Crippen LogP contribution in [0.4, 0.5) is 26.3 Å². The van der Waals surface area contributed by atoms with Gasteiger partial charge < -0.3 is 25.0 Å². The molecule has 5 rings (SSSR count). The second-order valence-corrected chi connectivity index (χ2v) is 11.2. The summed E-state index contributed by atoms with van der Waals surface area (Å²) >= 11 is 5.87. The van der Waals surface area contributed by atoms with Crippen LogP contribution in [0.15, 0.2) is 36.4 Å². The van der Waals surface area contributed by atoms with Crippen LogP contribution >= 0.6 is 11.6 Å². The number of halogens is 7. The van der Waals surface area contributed by atoms with E-state index in [-0.39, 0.29) is 75.9 Å². The van der Waals surface area contributed by atoms with Crippen molar-refractivity contribution in [2.24, 2.45) is 5.73 Å². The van der Waals surface area contributed by atoms with Gasteiger partial charge in [0.25, 0.3) is 11.8 Å². The van der Waals surface area contributed by atoms with E-state index in [1.807, 2.05) is 0 Å². The Morgan fingerprint density at radius 2 is 1.42 bits per heavy atom. The summed E-state index contributed by atoms with van der Waals surface area (Å²) in [5, 5.41) is 0.457. The predicted octanol–water partition coefficient (Wildman–Crippen LogP) is 3.87. The number of imidazole rings is 1. The molecule has 2 N–H and O–H groups in total. The lowest BCUT2D eigenvalue weighted by atomic mass is 10.0. The summed E-state index contributed by atoms with van der Waals surface area (Å²) in [4.78, 5) is 46.9. The maximum Gasteiger partial charge on any atom is 0.435 e. The van der Waals surface area contributed by atoms with Crippen LogP contribution < -0.4 is 5.73 Å². The van der Waals surface area contributed by atoms with Crippen LogP contribution in [0.3, 0.4) is 0 Å². The van der Waals surface area contributed by atoms with E-state index in [0.717, 1.165) is 4.57 Å². The van der Waals surface area contributed by atoms with Gasteiger partial charge in [0.15, 0.2) is 17.3 Å². The van der Waals surface area contributed by atoms with Crippen LogP contribution in [-0.4, -0.2) is 80.7 Å². The Hall–Kier alpha value is -4.11. The number of nitrogens with two attached hydrogens (primary N) is 1. The topological polar surface area (TPSA) is 105 Å². The molecule has 2 aromatic carbocycles. The van der Waals surface area contributed by atoms with Crippen molar-refractivity contribution in [3.05, 3.63) is 87.2 Å². The Labute approximate surface area is 258 Å². The molecule has 1 aromatic heterocycles. The molecule has 0 unspecified atom stereocenters. The first-order chi connectivity index (χ1) is 21.2. The van der Waals surface area contributed by atoms with Gasteiger partial charge in [0.1, 0.15) is 17.3 Å². The number of carbonyl (C=O) groups is 3. The number of nitrogens with zero attached hydrogens (tertiary/aromatic N) is 5. The highest BCUT2D eigenvalue weighted by molar-refractivity contribution is 6.30. The Bertz CT molecular complexity index is 1620. The van der Waals surface area contributed by atoms with Gasteiger partial charge in [-0.3, -0.25) is 14.4 Å². The van der Waals surface area contributed by atoms with Gasteiger partial charge in [-0.25, -0.2) is 18.2 Å². The van der Waals surface area contributed by atoms with E-state index in [2.05, 4.69) is 4.98 Å². The van der Waals surface area contributed by atoms with Gasteiger partial charge in [0.05, 0.1) is 6.54 Å². The number of fused-ring (bicyclic) bond motifs is 1. The van der Waals surface area contributed by atoms with Crippen molar-refractivity contribution in [2.45, 2.75) is 38.1 Å². The molecule has 1 atom stereocenters. The summed E-state index contributed by atoms with van der Waals surface area (Å²) in [6, 6.07) is 6.29. The van der Waals surface area contributed by atoms with E-state index in [0.29, 0.717) is 22.7 Å². The molecule has 0 saturated carbocycles. The molecule has 0 bridgehead atoms. The zero-order valence-corrected chi connectivity index (χ0v) is 24.3. The molecule has 2 aliphatic rings. The highest BCUT2D eigenvalue weighted by atomic mass is 35.5. The highest BCUT2D eigenvalue weighted by Gasteiger charge is 2.44. The summed E-state index contributed by atoms with van der Waals surface area (Å²) < 4.78 is 84.1. The van der Waals surface area contributed by atoms with Crippen molar-refractivity contribution in [3.8, 4) is 0 Å². The van der Waals surface area contributed by atoms with E-state index in [1.165, 1.54) is 14.7 Å². The minimum atomic E-state index is -4.96. The first-order valence-corrected chi connectivity index (χ1v) is 14.3. The van der Waals surface area contributed by atoms with Gasteiger partial charge in [-0.1, -0.05) is 11.6 Å². The number of hydrogen-bond donors (Lipinski definition) is 1. The molecule has 2 aliphatic heterocycles. The highest BCUT2D eigenvalue weighted by Crippen LogP contribution is 2.34. The van der Waals surface area contributed by atoms with E-state index in [9.17, 15) is 40.7 Å². The Balaban J connectivity index is 1.26. The number of carbonyl (C=O) groups excluding carboxylic acids is 3. The molecular formula is C29H27ClF6N6O3. The van der Waals surface area contributed by atoms with Crippen LogP contribution in [0.1, 0.15) is 44.3 Å². The van der Waals surface area contributed by atoms with Crippen molar-refractivity contribution in [1.29, 1.82) is 0 Å². The fourth-order valence-electron chi connectivity index (χ4n) is 5.42. The monoisotopic (exact) mass is 656 g/mol. The van der Waals surface area contributed by atoms with E-state index in [1.54, 1.807) is 24.3 Å². The van der Waals surface area contributed by atoms with Crippen molar-refractivity contribution in [3.63, 3.8) is 0 Å². The molecular weight excluding hydrogens is 630 g/mol. The maximum absolute atomic E-state index is 14.1. The molecule has 1 saturated heterocycles. The number of benzene rings is 2. The van der Waals surface area contributed by atoms with Gasteiger partial charge in [-0.05, 0) is 42.3 Å². The number of hydrogen-bond acceptors (Lipinski definition) is 5. The van der Waals surface area contributed by atoms with E-state index >= 15 is 0 Å². The van der Waals surface area contributed by atoms with Crippen molar-refractivity contribution in [1.82, 2.24) is 24.3 Å². The van der Waals surface area contributed by atoms with Gasteiger partial charge in [-0.2, -0.15) is 13.2 Å². The Morgan fingerprint density at radius 3 is 2.04 bits per heavy atom. The lowest BCUT2D eigenvalue weighted by Crippen LogP contribution is -2.51. The fraction of sp³-hybridized carbons (Fsp3) is 0.379. The summed E-state index contributed by atoms with van der Waals surface area (Å²) in [5.41, 5.74) is 4.10. The summed E-state index contributed by atoms with van der Waals surface area (Å²) in [6.45, 7) is -0.360. The zero-order valence-electron chi connectivity index (χ0n) is 23.6. The van der Waals surface area contributed by atoms with Crippen LogP contribution in [0.5, 0.6) is 0 Å². The Morgan fingerprint density at radius 1 is 0.844 bits per heavy atom. The molecule has 0 spiro atoms. The number of piperazine rings is 1. The maximum atomic E-state index is 14.1. The molecule has 9 nitrogen and oxygen atoms in total. The van der Waals surface area contributed by atoms with Crippen molar-refractivity contribution < 1.29 is 40.7 Å². The Kier molecular flexibility index (Phi) is 9.12. The summed E-state index contributed by atoms with van der Waals surface area (Å²) in [6.07, 6.45) is -5.60. The minimum absolute atomic E-state index is 0.00295. The molecule has 240 valence electrons. The molecule has 16 heteroatoms. The van der Waals surface area contributed by atoms with Gasteiger partial charge in [0, 0.05) is 68.4 Å². The van der Waals surface area contributed by atoms with Crippen molar-refractivity contribution in [2.75, 3.05) is 32.7 Å². The lowest BCUT2D eigenvalue weighted by molar-refractivity contribution is -0.141. The lowest BCUT2D eigenvalue weighted by Gasteiger charge is -2.35. The second-order valence-electron chi connectivity index (χ2n) is 10.8. The third kappa shape index (κ3) is 6.93. The van der Waals surface area contributed by atoms with Gasteiger partial charge in [0.2, 0.25) is 5.91 Å². The number of rotatable bonds is 6. The first-order valence-electron chi connectivity index (χ1n) is 13.9. The predicted molar refractivity (Wildman–Crippen MR) is 149 cm³/mol. The molecule has 0 radical (unpaired) electrons. The van der Waals surface area contributed by atoms with Gasteiger partial charge in [-0.15, -0.1) is 0 Å².